The summed E-state index contributed by atoms with van der Waals surface area (Å²) < 4.78 is 22.4. The van der Waals surface area contributed by atoms with Crippen LogP contribution in [0.3, 0.4) is 0 Å². The van der Waals surface area contributed by atoms with E-state index >= 15 is 0 Å². The lowest BCUT2D eigenvalue weighted by atomic mass is 10.2. The van der Waals surface area contributed by atoms with Crippen molar-refractivity contribution in [1.29, 1.82) is 0 Å². The van der Waals surface area contributed by atoms with Gasteiger partial charge in [-0.2, -0.15) is 0 Å². The van der Waals surface area contributed by atoms with Gasteiger partial charge in [0.05, 0.1) is 10.9 Å². The summed E-state index contributed by atoms with van der Waals surface area (Å²) in [5.41, 5.74) is 1.60. The first kappa shape index (κ1) is 17.1. The van der Waals surface area contributed by atoms with Crippen LogP contribution < -0.4 is 15.8 Å². The molecule has 0 aromatic heterocycles. The third-order valence-corrected chi connectivity index (χ3v) is 4.23. The molecule has 6 nitrogen and oxygen atoms in total. The molecule has 1 unspecified atom stereocenters. The van der Waals surface area contributed by atoms with Crippen LogP contribution in [0.25, 0.3) is 0 Å². The Morgan fingerprint density at radius 1 is 1.09 bits per heavy atom. The molecule has 122 valence electrons. The minimum absolute atomic E-state index is 0.0659. The minimum atomic E-state index is -3.68. The van der Waals surface area contributed by atoms with E-state index in [0.717, 1.165) is 11.3 Å². The quantitative estimate of drug-likeness (QED) is 0.744. The highest BCUT2D eigenvalue weighted by molar-refractivity contribution is 7.89. The summed E-state index contributed by atoms with van der Waals surface area (Å²) in [7, 11) is -3.68. The maximum Gasteiger partial charge on any atom is 0.241 e. The van der Waals surface area contributed by atoms with Crippen LogP contribution in [0.5, 0.6) is 0 Å². The van der Waals surface area contributed by atoms with Crippen molar-refractivity contribution in [3.8, 4) is 0 Å². The highest BCUT2D eigenvalue weighted by atomic mass is 32.2. The smallest absolute Gasteiger partial charge is 0.241 e. The van der Waals surface area contributed by atoms with Crippen molar-refractivity contribution in [1.82, 2.24) is 5.32 Å². The van der Waals surface area contributed by atoms with Crippen LogP contribution >= 0.6 is 0 Å². The highest BCUT2D eigenvalue weighted by Crippen LogP contribution is 2.09. The van der Waals surface area contributed by atoms with Crippen molar-refractivity contribution in [2.45, 2.75) is 24.4 Å². The van der Waals surface area contributed by atoms with Crippen LogP contribution in [-0.4, -0.2) is 20.4 Å². The van der Waals surface area contributed by atoms with Gasteiger partial charge in [-0.3, -0.25) is 4.79 Å². The number of carbonyl (C=O) groups is 1. The molecule has 0 aliphatic carbocycles. The van der Waals surface area contributed by atoms with Gasteiger partial charge in [-0.1, -0.05) is 30.3 Å². The Hall–Kier alpha value is -2.22. The number of nitrogens with two attached hydrogens (primary N) is 1. The molecule has 0 aliphatic rings. The van der Waals surface area contributed by atoms with E-state index in [0.29, 0.717) is 6.54 Å². The highest BCUT2D eigenvalue weighted by Gasteiger charge is 2.12. The summed E-state index contributed by atoms with van der Waals surface area (Å²) in [6, 6.07) is 15.0. The van der Waals surface area contributed by atoms with Crippen molar-refractivity contribution in [2.24, 2.45) is 5.14 Å². The lowest BCUT2D eigenvalue weighted by Crippen LogP contribution is -2.37. The van der Waals surface area contributed by atoms with Crippen LogP contribution in [0.15, 0.2) is 59.5 Å². The largest absolute Gasteiger partial charge is 0.325 e. The first-order valence-electron chi connectivity index (χ1n) is 7.07. The fraction of sp³-hybridized carbons (Fsp3) is 0.188. The van der Waals surface area contributed by atoms with E-state index in [1.165, 1.54) is 12.1 Å². The summed E-state index contributed by atoms with van der Waals surface area (Å²) in [6.07, 6.45) is 0. The second-order valence-electron chi connectivity index (χ2n) is 5.15. The molecule has 0 aliphatic heterocycles. The number of rotatable bonds is 6. The predicted octanol–water partition coefficient (Wildman–Crippen LogP) is 1.45. The minimum Gasteiger partial charge on any atom is -0.325 e. The van der Waals surface area contributed by atoms with E-state index in [1.54, 1.807) is 19.1 Å². The molecule has 0 saturated heterocycles. The van der Waals surface area contributed by atoms with E-state index in [9.17, 15) is 13.2 Å². The molecule has 2 aromatic rings. The van der Waals surface area contributed by atoms with Gasteiger partial charge in [0.15, 0.2) is 0 Å². The number of nitrogens with one attached hydrogen (secondary N) is 2. The maximum absolute atomic E-state index is 12.0. The average molecular weight is 333 g/mol. The molecular weight excluding hydrogens is 314 g/mol. The number of carbonyl (C=O) groups excluding carboxylic acids is 1. The predicted molar refractivity (Wildman–Crippen MR) is 89.2 cm³/mol. The van der Waals surface area contributed by atoms with Gasteiger partial charge in [0.25, 0.3) is 0 Å². The first-order valence-corrected chi connectivity index (χ1v) is 8.62. The number of anilines is 1. The monoisotopic (exact) mass is 333 g/mol. The number of hydrogen-bond donors (Lipinski definition) is 3. The number of amides is 1. The molecular formula is C16H19N3O3S. The molecule has 4 N–H and O–H groups in total. The topological polar surface area (TPSA) is 101 Å². The fourth-order valence-corrected chi connectivity index (χ4v) is 2.45. The van der Waals surface area contributed by atoms with E-state index in [1.807, 2.05) is 30.3 Å². The van der Waals surface area contributed by atoms with Crippen LogP contribution in [0.1, 0.15) is 12.5 Å². The summed E-state index contributed by atoms with van der Waals surface area (Å²) in [5, 5.41) is 10.9. The molecule has 0 saturated carbocycles. The molecule has 1 atom stereocenters. The normalized spacial score (nSPS) is 12.6. The number of sulfonamides is 1. The van der Waals surface area contributed by atoms with E-state index in [-0.39, 0.29) is 10.8 Å². The summed E-state index contributed by atoms with van der Waals surface area (Å²) >= 11 is 0. The van der Waals surface area contributed by atoms with E-state index < -0.39 is 16.1 Å². The van der Waals surface area contributed by atoms with Crippen molar-refractivity contribution in [3.63, 3.8) is 0 Å². The van der Waals surface area contributed by atoms with Crippen LogP contribution in [0.4, 0.5) is 5.69 Å². The standard InChI is InChI=1S/C16H19N3O3S/c1-12(16(20)19-14-5-3-2-4-6-14)18-11-13-7-9-15(10-8-13)23(17,21)22/h2-10,12,18H,11H2,1H3,(H,19,20)(H2,17,21,22). The molecule has 0 bridgehead atoms. The Kier molecular flexibility index (Phi) is 5.49. The molecule has 1 amide bonds. The van der Waals surface area contributed by atoms with Gasteiger partial charge in [-0.05, 0) is 36.8 Å². The second kappa shape index (κ2) is 7.36. The van der Waals surface area contributed by atoms with Gasteiger partial charge in [-0.15, -0.1) is 0 Å². The van der Waals surface area contributed by atoms with Crippen molar-refractivity contribution in [3.05, 3.63) is 60.2 Å². The van der Waals surface area contributed by atoms with Gasteiger partial charge in [-0.25, -0.2) is 13.6 Å². The van der Waals surface area contributed by atoms with Crippen LogP contribution in [0.2, 0.25) is 0 Å². The van der Waals surface area contributed by atoms with Crippen LogP contribution in [0, 0.1) is 0 Å². The van der Waals surface area contributed by atoms with Crippen molar-refractivity contribution in [2.75, 3.05) is 5.32 Å². The molecule has 0 radical (unpaired) electrons. The zero-order valence-electron chi connectivity index (χ0n) is 12.7. The van der Waals surface area contributed by atoms with Crippen molar-refractivity contribution >= 4 is 21.6 Å². The van der Waals surface area contributed by atoms with E-state index in [4.69, 9.17) is 5.14 Å². The number of benzene rings is 2. The van der Waals surface area contributed by atoms with Gasteiger partial charge in [0, 0.05) is 12.2 Å². The number of para-hydroxylation sites is 1. The molecule has 0 spiro atoms. The SMILES string of the molecule is CC(NCc1ccc(S(N)(=O)=O)cc1)C(=O)Nc1ccccc1. The van der Waals surface area contributed by atoms with Gasteiger partial charge < -0.3 is 10.6 Å². The van der Waals surface area contributed by atoms with Gasteiger partial charge >= 0.3 is 0 Å². The molecule has 2 rings (SSSR count). The lowest BCUT2D eigenvalue weighted by Gasteiger charge is -2.14. The van der Waals surface area contributed by atoms with Crippen molar-refractivity contribution < 1.29 is 13.2 Å². The maximum atomic E-state index is 12.0. The Bertz CT molecular complexity index is 759. The Labute approximate surface area is 135 Å². The Balaban J connectivity index is 1.88. The number of primary sulfonamides is 1. The third kappa shape index (κ3) is 5.17. The zero-order chi connectivity index (χ0) is 16.9. The van der Waals surface area contributed by atoms with Gasteiger partial charge in [0.2, 0.25) is 15.9 Å². The number of hydrogen-bond acceptors (Lipinski definition) is 4. The summed E-state index contributed by atoms with van der Waals surface area (Å²) in [6.45, 7) is 2.20. The zero-order valence-corrected chi connectivity index (χ0v) is 13.5. The Morgan fingerprint density at radius 3 is 2.26 bits per heavy atom. The molecule has 23 heavy (non-hydrogen) atoms. The third-order valence-electron chi connectivity index (χ3n) is 3.30. The molecule has 0 heterocycles. The average Bonchev–Trinajstić information content (AvgIpc) is 2.53. The molecule has 2 aromatic carbocycles. The fourth-order valence-electron chi connectivity index (χ4n) is 1.93. The summed E-state index contributed by atoms with van der Waals surface area (Å²) in [4.78, 5) is 12.1. The molecule has 0 fully saturated rings. The van der Waals surface area contributed by atoms with E-state index in [2.05, 4.69) is 10.6 Å². The van der Waals surface area contributed by atoms with Gasteiger partial charge in [0.1, 0.15) is 0 Å². The summed E-state index contributed by atoms with van der Waals surface area (Å²) in [5.74, 6) is -0.141. The first-order chi connectivity index (χ1) is 10.9. The Morgan fingerprint density at radius 2 is 1.70 bits per heavy atom. The molecule has 7 heteroatoms. The second-order valence-corrected chi connectivity index (χ2v) is 6.71. The van der Waals surface area contributed by atoms with Crippen LogP contribution in [-0.2, 0) is 21.4 Å². The lowest BCUT2D eigenvalue weighted by molar-refractivity contribution is -0.117.